The molecule has 242 valence electrons. The highest BCUT2D eigenvalue weighted by atomic mass is 16.3. The number of nitrogens with zero attached hydrogens (tertiary/aromatic N) is 3. The summed E-state index contributed by atoms with van der Waals surface area (Å²) in [7, 11) is 0. The van der Waals surface area contributed by atoms with Crippen molar-refractivity contribution in [2.24, 2.45) is 0 Å². The van der Waals surface area contributed by atoms with Crippen LogP contribution in [0.2, 0.25) is 0 Å². The Kier molecular flexibility index (Phi) is 7.48. The van der Waals surface area contributed by atoms with Gasteiger partial charge in [0, 0.05) is 44.9 Å². The van der Waals surface area contributed by atoms with Gasteiger partial charge in [0.05, 0.1) is 28.1 Å². The molecule has 9 rings (SSSR count). The van der Waals surface area contributed by atoms with Crippen LogP contribution in [0.15, 0.2) is 176 Å². The predicted octanol–water partition coefficient (Wildman–Crippen LogP) is 11.9. The molecule has 6 aromatic carbocycles. The van der Waals surface area contributed by atoms with E-state index in [2.05, 4.69) is 138 Å². The van der Waals surface area contributed by atoms with Gasteiger partial charge in [0.25, 0.3) is 0 Å². The Bertz CT molecular complexity index is 2710. The lowest BCUT2D eigenvalue weighted by Crippen LogP contribution is -1.95. The topological polar surface area (TPSA) is 50.9 Å². The first-order valence-electron chi connectivity index (χ1n) is 17.1. The summed E-state index contributed by atoms with van der Waals surface area (Å²) in [4.78, 5) is 9.98. The van der Waals surface area contributed by atoms with E-state index in [1.54, 1.807) is 6.07 Å². The molecule has 0 bridgehead atoms. The molecule has 9 aromatic rings. The Morgan fingerprint density at radius 2 is 1.14 bits per heavy atom. The molecule has 0 saturated heterocycles. The fourth-order valence-corrected chi connectivity index (χ4v) is 7.16. The second-order valence-electron chi connectivity index (χ2n) is 12.9. The summed E-state index contributed by atoms with van der Waals surface area (Å²) < 4.78 is 2.37. The van der Waals surface area contributed by atoms with E-state index in [0.717, 1.165) is 61.7 Å². The van der Waals surface area contributed by atoms with Crippen LogP contribution in [0.1, 0.15) is 5.56 Å². The largest absolute Gasteiger partial charge is 0.507 e. The van der Waals surface area contributed by atoms with Crippen LogP contribution in [-0.4, -0.2) is 19.6 Å². The van der Waals surface area contributed by atoms with Gasteiger partial charge in [-0.05, 0) is 84.3 Å². The van der Waals surface area contributed by atoms with Crippen molar-refractivity contribution in [3.8, 4) is 67.5 Å². The molecule has 3 aromatic heterocycles. The first-order chi connectivity index (χ1) is 25.1. The molecule has 0 aliphatic rings. The summed E-state index contributed by atoms with van der Waals surface area (Å²) in [5.41, 5.74) is 14.0. The number of hydrogen-bond donors (Lipinski definition) is 1. The van der Waals surface area contributed by atoms with E-state index in [1.165, 1.54) is 21.8 Å². The minimum absolute atomic E-state index is 0.209. The Balaban J connectivity index is 1.18. The third kappa shape index (κ3) is 5.53. The molecule has 1 N–H and O–H groups in total. The van der Waals surface area contributed by atoms with Crippen LogP contribution < -0.4 is 0 Å². The van der Waals surface area contributed by atoms with Crippen molar-refractivity contribution in [2.75, 3.05) is 0 Å². The van der Waals surface area contributed by atoms with Crippen molar-refractivity contribution in [1.82, 2.24) is 14.5 Å². The van der Waals surface area contributed by atoms with E-state index in [1.807, 2.05) is 43.5 Å². The molecule has 0 saturated carbocycles. The molecule has 0 amide bonds. The van der Waals surface area contributed by atoms with Gasteiger partial charge < -0.3 is 9.67 Å². The highest BCUT2D eigenvalue weighted by molar-refractivity contribution is 6.13. The van der Waals surface area contributed by atoms with Crippen LogP contribution in [0.4, 0.5) is 0 Å². The summed E-state index contributed by atoms with van der Waals surface area (Å²) in [5.74, 6) is 0.209. The van der Waals surface area contributed by atoms with Crippen molar-refractivity contribution in [3.05, 3.63) is 182 Å². The highest BCUT2D eigenvalue weighted by Crippen LogP contribution is 2.39. The number of rotatable bonds is 6. The van der Waals surface area contributed by atoms with Gasteiger partial charge in [0.1, 0.15) is 5.75 Å². The van der Waals surface area contributed by atoms with E-state index in [-0.39, 0.29) is 5.75 Å². The highest BCUT2D eigenvalue weighted by Gasteiger charge is 2.17. The van der Waals surface area contributed by atoms with Crippen molar-refractivity contribution < 1.29 is 5.11 Å². The maximum Gasteiger partial charge on any atom is 0.124 e. The molecule has 0 aliphatic carbocycles. The summed E-state index contributed by atoms with van der Waals surface area (Å²) in [5, 5.41) is 13.3. The maximum atomic E-state index is 10.9. The van der Waals surface area contributed by atoms with Crippen LogP contribution in [0, 0.1) is 6.92 Å². The predicted molar refractivity (Wildman–Crippen MR) is 210 cm³/mol. The van der Waals surface area contributed by atoms with Gasteiger partial charge in [-0.15, -0.1) is 0 Å². The molecule has 0 atom stereocenters. The number of para-hydroxylation sites is 3. The lowest BCUT2D eigenvalue weighted by molar-refractivity contribution is 0.477. The lowest BCUT2D eigenvalue weighted by Gasteiger charge is -2.13. The summed E-state index contributed by atoms with van der Waals surface area (Å²) in [6.07, 6.45) is 1.90. The number of aryl methyl sites for hydroxylation is 1. The summed E-state index contributed by atoms with van der Waals surface area (Å²) in [6, 6.07) is 58.6. The number of aromatic hydroxyl groups is 1. The zero-order valence-electron chi connectivity index (χ0n) is 28.0. The van der Waals surface area contributed by atoms with E-state index in [0.29, 0.717) is 5.56 Å². The number of pyridine rings is 2. The smallest absolute Gasteiger partial charge is 0.124 e. The first kappa shape index (κ1) is 30.3. The van der Waals surface area contributed by atoms with Gasteiger partial charge in [-0.2, -0.15) is 0 Å². The molecule has 0 aliphatic heterocycles. The fourth-order valence-electron chi connectivity index (χ4n) is 7.16. The van der Waals surface area contributed by atoms with Crippen molar-refractivity contribution >= 4 is 21.8 Å². The number of phenols is 1. The molecule has 0 spiro atoms. The van der Waals surface area contributed by atoms with Crippen LogP contribution in [0.5, 0.6) is 5.75 Å². The number of benzene rings is 6. The number of fused-ring (bicyclic) bond motifs is 3. The van der Waals surface area contributed by atoms with E-state index >= 15 is 0 Å². The molecular weight excluding hydrogens is 623 g/mol. The van der Waals surface area contributed by atoms with Gasteiger partial charge >= 0.3 is 0 Å². The molecule has 51 heavy (non-hydrogen) atoms. The molecule has 3 heterocycles. The maximum absolute atomic E-state index is 10.9. The second kappa shape index (κ2) is 12.6. The molecule has 0 radical (unpaired) electrons. The summed E-state index contributed by atoms with van der Waals surface area (Å²) >= 11 is 0. The Labute approximate surface area is 296 Å². The first-order valence-corrected chi connectivity index (χ1v) is 17.1. The fraction of sp³-hybridized carbons (Fsp3) is 0.0213. The SMILES string of the molecule is Cc1ccc(O)c(-c2cc(-c3ccccc3)cc(-c3cccc(-c4cc(-c5cccc6c7ccccc7n(-c7ccccc7)c56)ccn4)c3)n2)c1. The number of phenolic OH excluding ortho intramolecular Hbond substituents is 1. The van der Waals surface area contributed by atoms with Crippen molar-refractivity contribution in [2.45, 2.75) is 6.92 Å². The molecule has 4 nitrogen and oxygen atoms in total. The second-order valence-corrected chi connectivity index (χ2v) is 12.9. The molecule has 4 heteroatoms. The number of aromatic nitrogens is 3. The normalized spacial score (nSPS) is 11.3. The van der Waals surface area contributed by atoms with Crippen molar-refractivity contribution in [1.29, 1.82) is 0 Å². The van der Waals surface area contributed by atoms with Gasteiger partial charge in [-0.3, -0.25) is 4.98 Å². The zero-order chi connectivity index (χ0) is 34.3. The minimum Gasteiger partial charge on any atom is -0.507 e. The van der Waals surface area contributed by atoms with Crippen LogP contribution in [-0.2, 0) is 0 Å². The van der Waals surface area contributed by atoms with Crippen LogP contribution >= 0.6 is 0 Å². The third-order valence-electron chi connectivity index (χ3n) is 9.59. The standard InChI is InChI=1S/C47H33N3O/c1-31-22-23-46(51)41(26-31)44-30-36(32-12-4-2-5-13-32)29-43(49-44)35-15-10-14-34(27-35)42-28-33(24-25-48-42)38-19-11-20-40-39-18-8-9-21-45(39)50(47(38)40)37-16-6-3-7-17-37/h2-30,51H,1H3. The monoisotopic (exact) mass is 655 g/mol. The van der Waals surface area contributed by atoms with Gasteiger partial charge in [0.2, 0.25) is 0 Å². The summed E-state index contributed by atoms with van der Waals surface area (Å²) in [6.45, 7) is 2.03. The van der Waals surface area contributed by atoms with Crippen LogP contribution in [0.3, 0.4) is 0 Å². The zero-order valence-corrected chi connectivity index (χ0v) is 28.0. The number of hydrogen-bond acceptors (Lipinski definition) is 3. The molecular formula is C47H33N3O. The van der Waals surface area contributed by atoms with Gasteiger partial charge in [-0.1, -0.05) is 115 Å². The average Bonchev–Trinajstić information content (AvgIpc) is 3.54. The van der Waals surface area contributed by atoms with Gasteiger partial charge in [0.15, 0.2) is 0 Å². The lowest BCUT2D eigenvalue weighted by atomic mass is 9.97. The van der Waals surface area contributed by atoms with Crippen LogP contribution in [0.25, 0.3) is 83.5 Å². The minimum atomic E-state index is 0.209. The quantitative estimate of drug-likeness (QED) is 0.194. The van der Waals surface area contributed by atoms with E-state index in [4.69, 9.17) is 9.97 Å². The average molecular weight is 656 g/mol. The Hall–Kier alpha value is -6.78. The van der Waals surface area contributed by atoms with E-state index in [9.17, 15) is 5.11 Å². The Morgan fingerprint density at radius 1 is 0.471 bits per heavy atom. The Morgan fingerprint density at radius 3 is 1.98 bits per heavy atom. The molecule has 0 unspecified atom stereocenters. The molecule has 0 fully saturated rings. The van der Waals surface area contributed by atoms with E-state index < -0.39 is 0 Å². The van der Waals surface area contributed by atoms with Crippen molar-refractivity contribution in [3.63, 3.8) is 0 Å². The third-order valence-corrected chi connectivity index (χ3v) is 9.59. The van der Waals surface area contributed by atoms with Gasteiger partial charge in [-0.25, -0.2) is 4.98 Å².